The van der Waals surface area contributed by atoms with Crippen LogP contribution in [0.4, 0.5) is 10.5 Å². The summed E-state index contributed by atoms with van der Waals surface area (Å²) in [5, 5.41) is 2.28. The van der Waals surface area contributed by atoms with Crippen LogP contribution in [-0.4, -0.2) is 24.5 Å². The minimum Gasteiger partial charge on any atom is -0.490 e. The second-order valence-corrected chi connectivity index (χ2v) is 10.4. The van der Waals surface area contributed by atoms with Gasteiger partial charge in [-0.1, -0.05) is 24.3 Å². The number of halogens is 1. The Morgan fingerprint density at radius 3 is 2.21 bits per heavy atom. The van der Waals surface area contributed by atoms with E-state index in [1.165, 1.54) is 17.2 Å². The lowest BCUT2D eigenvalue weighted by Crippen LogP contribution is -2.54. The number of nitrogens with zero attached hydrogens (tertiary/aromatic N) is 1. The third-order valence-electron chi connectivity index (χ3n) is 6.45. The lowest BCUT2D eigenvalue weighted by molar-refractivity contribution is -0.122. The first-order chi connectivity index (χ1) is 18.1. The number of hydrogen-bond acceptors (Lipinski definition) is 5. The van der Waals surface area contributed by atoms with E-state index in [9.17, 15) is 14.4 Å². The van der Waals surface area contributed by atoms with Gasteiger partial charge < -0.3 is 9.47 Å². The molecule has 0 aliphatic carbocycles. The van der Waals surface area contributed by atoms with Crippen molar-refractivity contribution in [3.05, 3.63) is 91.1 Å². The number of benzene rings is 3. The third-order valence-corrected chi connectivity index (χ3v) is 7.25. The van der Waals surface area contributed by atoms with Gasteiger partial charge in [-0.05, 0) is 121 Å². The SMILES string of the molecule is CCOc1cc(/C=C2\C(=O)NC(=O)N(c3ccc(C)c(C)c3)C2=O)cc(I)c1OCc1ccc(C)c(C)c1. The number of rotatable bonds is 7. The van der Waals surface area contributed by atoms with Crippen LogP contribution in [0.15, 0.2) is 54.1 Å². The maximum Gasteiger partial charge on any atom is 0.335 e. The quantitative estimate of drug-likeness (QED) is 0.193. The first-order valence-electron chi connectivity index (χ1n) is 12.2. The highest BCUT2D eigenvalue weighted by molar-refractivity contribution is 14.1. The first kappa shape index (κ1) is 27.4. The summed E-state index contributed by atoms with van der Waals surface area (Å²) in [5.74, 6) is -0.354. The molecule has 0 spiro atoms. The average molecular weight is 624 g/mol. The fourth-order valence-corrected chi connectivity index (χ4v) is 4.83. The summed E-state index contributed by atoms with van der Waals surface area (Å²) in [7, 11) is 0. The van der Waals surface area contributed by atoms with E-state index in [4.69, 9.17) is 9.47 Å². The van der Waals surface area contributed by atoms with Gasteiger partial charge in [-0.15, -0.1) is 0 Å². The molecule has 0 saturated carbocycles. The number of ether oxygens (including phenoxy) is 2. The zero-order chi connectivity index (χ0) is 27.6. The minimum atomic E-state index is -0.778. The van der Waals surface area contributed by atoms with Crippen LogP contribution in [-0.2, 0) is 16.2 Å². The molecule has 1 aliphatic rings. The minimum absolute atomic E-state index is 0.148. The Morgan fingerprint density at radius 1 is 0.868 bits per heavy atom. The van der Waals surface area contributed by atoms with E-state index in [1.807, 2.05) is 39.0 Å². The van der Waals surface area contributed by atoms with Crippen LogP contribution in [0, 0.1) is 31.3 Å². The molecule has 0 aromatic heterocycles. The molecule has 1 heterocycles. The first-order valence-corrected chi connectivity index (χ1v) is 13.3. The zero-order valence-electron chi connectivity index (χ0n) is 22.0. The average Bonchev–Trinajstić information content (AvgIpc) is 2.85. The molecule has 1 fully saturated rings. The summed E-state index contributed by atoms with van der Waals surface area (Å²) >= 11 is 2.15. The Kier molecular flexibility index (Phi) is 8.20. The van der Waals surface area contributed by atoms with E-state index in [2.05, 4.69) is 53.9 Å². The molecule has 196 valence electrons. The van der Waals surface area contributed by atoms with E-state index >= 15 is 0 Å². The summed E-state index contributed by atoms with van der Waals surface area (Å²) in [6.45, 7) is 10.6. The highest BCUT2D eigenvalue weighted by atomic mass is 127. The summed E-state index contributed by atoms with van der Waals surface area (Å²) in [6, 6.07) is 14.2. The molecule has 0 radical (unpaired) electrons. The Balaban J connectivity index is 1.66. The van der Waals surface area contributed by atoms with Crippen molar-refractivity contribution in [3.63, 3.8) is 0 Å². The number of anilines is 1. The van der Waals surface area contributed by atoms with E-state index in [0.29, 0.717) is 36.0 Å². The van der Waals surface area contributed by atoms with Crippen molar-refractivity contribution < 1.29 is 23.9 Å². The summed E-state index contributed by atoms with van der Waals surface area (Å²) in [4.78, 5) is 39.6. The summed E-state index contributed by atoms with van der Waals surface area (Å²) in [5.41, 5.74) is 6.23. The van der Waals surface area contributed by atoms with Crippen LogP contribution in [0.25, 0.3) is 6.08 Å². The van der Waals surface area contributed by atoms with Gasteiger partial charge in [0.1, 0.15) is 12.2 Å². The van der Waals surface area contributed by atoms with E-state index in [1.54, 1.807) is 18.2 Å². The number of hydrogen-bond donors (Lipinski definition) is 1. The van der Waals surface area contributed by atoms with Crippen molar-refractivity contribution in [1.29, 1.82) is 0 Å². The molecule has 8 heteroatoms. The molecule has 1 saturated heterocycles. The number of barbiturate groups is 1. The van der Waals surface area contributed by atoms with Gasteiger partial charge in [0.15, 0.2) is 11.5 Å². The second kappa shape index (κ2) is 11.4. The predicted molar refractivity (Wildman–Crippen MR) is 155 cm³/mol. The Morgan fingerprint density at radius 2 is 1.55 bits per heavy atom. The van der Waals surface area contributed by atoms with Crippen molar-refractivity contribution in [2.75, 3.05) is 11.5 Å². The van der Waals surface area contributed by atoms with E-state index < -0.39 is 17.8 Å². The summed E-state index contributed by atoms with van der Waals surface area (Å²) in [6.07, 6.45) is 1.47. The van der Waals surface area contributed by atoms with Crippen molar-refractivity contribution in [3.8, 4) is 11.5 Å². The molecule has 7 nitrogen and oxygen atoms in total. The number of urea groups is 1. The van der Waals surface area contributed by atoms with Crippen molar-refractivity contribution in [1.82, 2.24) is 5.32 Å². The van der Waals surface area contributed by atoms with Gasteiger partial charge >= 0.3 is 6.03 Å². The van der Waals surface area contributed by atoms with E-state index in [-0.39, 0.29) is 5.57 Å². The van der Waals surface area contributed by atoms with Gasteiger partial charge in [0, 0.05) is 0 Å². The highest BCUT2D eigenvalue weighted by Crippen LogP contribution is 2.36. The lowest BCUT2D eigenvalue weighted by Gasteiger charge is -2.27. The smallest absolute Gasteiger partial charge is 0.335 e. The maximum atomic E-state index is 13.3. The van der Waals surface area contributed by atoms with Crippen molar-refractivity contribution >= 4 is 52.2 Å². The fraction of sp³-hybridized carbons (Fsp3) is 0.233. The van der Waals surface area contributed by atoms with Crippen LogP contribution < -0.4 is 19.7 Å². The monoisotopic (exact) mass is 624 g/mol. The molecule has 0 atom stereocenters. The number of amides is 4. The molecule has 4 rings (SSSR count). The Labute approximate surface area is 236 Å². The number of nitrogens with one attached hydrogen (secondary N) is 1. The largest absolute Gasteiger partial charge is 0.490 e. The topological polar surface area (TPSA) is 84.9 Å². The normalized spacial score (nSPS) is 14.6. The molecule has 3 aromatic carbocycles. The molecule has 4 amide bonds. The van der Waals surface area contributed by atoms with Crippen LogP contribution in [0.1, 0.15) is 40.3 Å². The Hall–Kier alpha value is -3.66. The van der Waals surface area contributed by atoms with Gasteiger partial charge in [-0.3, -0.25) is 14.9 Å². The van der Waals surface area contributed by atoms with Crippen LogP contribution in [0.5, 0.6) is 11.5 Å². The van der Waals surface area contributed by atoms with E-state index in [0.717, 1.165) is 25.2 Å². The molecule has 1 aliphatic heterocycles. The maximum absolute atomic E-state index is 13.3. The van der Waals surface area contributed by atoms with Crippen LogP contribution in [0.2, 0.25) is 0 Å². The van der Waals surface area contributed by atoms with Crippen molar-refractivity contribution in [2.45, 2.75) is 41.2 Å². The molecule has 0 bridgehead atoms. The number of carbonyl (C=O) groups excluding carboxylic acids is 3. The highest BCUT2D eigenvalue weighted by Gasteiger charge is 2.37. The zero-order valence-corrected chi connectivity index (χ0v) is 24.1. The van der Waals surface area contributed by atoms with Gasteiger partial charge in [0.05, 0.1) is 15.9 Å². The van der Waals surface area contributed by atoms with Crippen LogP contribution >= 0.6 is 22.6 Å². The predicted octanol–water partition coefficient (Wildman–Crippen LogP) is 6.17. The second-order valence-electron chi connectivity index (χ2n) is 9.20. The van der Waals surface area contributed by atoms with Crippen LogP contribution in [0.3, 0.4) is 0 Å². The van der Waals surface area contributed by atoms with Gasteiger partial charge in [0.25, 0.3) is 11.8 Å². The standard InChI is InChI=1S/C30H29IN2O5/c1-6-37-26-15-22(14-25(31)27(26)38-16-21-9-7-17(2)19(4)11-21)13-24-28(34)32-30(36)33(29(24)35)23-10-8-18(3)20(5)12-23/h7-15H,6,16H2,1-5H3,(H,32,34,36)/b24-13+. The lowest BCUT2D eigenvalue weighted by atomic mass is 10.0. The number of imide groups is 2. The summed E-state index contributed by atoms with van der Waals surface area (Å²) < 4.78 is 12.8. The molecule has 0 unspecified atom stereocenters. The van der Waals surface area contributed by atoms with Crippen molar-refractivity contribution in [2.24, 2.45) is 0 Å². The van der Waals surface area contributed by atoms with Gasteiger partial charge in [0.2, 0.25) is 0 Å². The molecule has 1 N–H and O–H groups in total. The Bertz CT molecular complexity index is 1480. The molecular formula is C30H29IN2O5. The van der Waals surface area contributed by atoms with Gasteiger partial charge in [-0.2, -0.15) is 0 Å². The third kappa shape index (κ3) is 5.75. The molecular weight excluding hydrogens is 595 g/mol. The molecule has 38 heavy (non-hydrogen) atoms. The number of carbonyl (C=O) groups is 3. The number of aryl methyl sites for hydroxylation is 4. The fourth-order valence-electron chi connectivity index (χ4n) is 4.05. The van der Waals surface area contributed by atoms with Gasteiger partial charge in [-0.25, -0.2) is 9.69 Å². The molecule has 3 aromatic rings.